The van der Waals surface area contributed by atoms with E-state index in [2.05, 4.69) is 189 Å². The van der Waals surface area contributed by atoms with E-state index in [-0.39, 0.29) is 61.2 Å². The highest BCUT2D eigenvalue weighted by molar-refractivity contribution is 6.05. The Bertz CT molecular complexity index is 1740. The molecule has 6 nitrogen and oxygen atoms in total. The Morgan fingerprint density at radius 2 is 1.06 bits per heavy atom. The van der Waals surface area contributed by atoms with Gasteiger partial charge in [0.15, 0.2) is 0 Å². The summed E-state index contributed by atoms with van der Waals surface area (Å²) in [6, 6.07) is 8.87. The highest BCUT2D eigenvalue weighted by atomic mass is 16.5. The molecule has 0 heterocycles. The first-order valence-corrected chi connectivity index (χ1v) is 25.1. The summed E-state index contributed by atoms with van der Waals surface area (Å²) in [4.78, 5) is 40.8. The molecular weight excluding hydrogens is 791 g/mol. The van der Waals surface area contributed by atoms with Gasteiger partial charge in [-0.2, -0.15) is 0 Å². The quantitative estimate of drug-likeness (QED) is 0.111. The molecule has 2 atom stereocenters. The van der Waals surface area contributed by atoms with Gasteiger partial charge in [0.05, 0.1) is 29.3 Å². The Morgan fingerprint density at radius 1 is 0.594 bits per heavy atom. The van der Waals surface area contributed by atoms with Crippen LogP contribution in [0.15, 0.2) is 24.3 Å². The summed E-state index contributed by atoms with van der Waals surface area (Å²) in [6.07, 6.45) is 7.77. The average Bonchev–Trinajstić information content (AvgIpc) is 3.07. The first-order chi connectivity index (χ1) is 28.3. The number of hydrogen-bond donors (Lipinski definition) is 1. The molecule has 2 rings (SSSR count). The van der Waals surface area contributed by atoms with Crippen LogP contribution in [0.3, 0.4) is 0 Å². The standard InChI is InChI=1S/C58H103NO5/c1-26-58(25,39-52(13,14)57(23,24)63-40-53(15,16)51(11,12)38-56(21,22)64-55(19,20)35-47(2,3)4)46(62)59-54(17,18)37-49(7,8)42-33-31-41(32-34-42)48(5,6)36-50(9,10)45(61)43-29-27-28-30-44(43)60/h31-34,43H,26-30,35-40H2,1-25H3,(H,59,62). The van der Waals surface area contributed by atoms with Gasteiger partial charge in [0, 0.05) is 22.8 Å². The largest absolute Gasteiger partial charge is 0.374 e. The van der Waals surface area contributed by atoms with E-state index in [9.17, 15) is 14.4 Å². The van der Waals surface area contributed by atoms with Crippen molar-refractivity contribution >= 4 is 17.5 Å². The molecule has 0 aliphatic heterocycles. The first-order valence-electron chi connectivity index (χ1n) is 25.1. The zero-order chi connectivity index (χ0) is 50.2. The zero-order valence-electron chi connectivity index (χ0n) is 46.7. The average molecular weight is 894 g/mol. The highest BCUT2D eigenvalue weighted by Crippen LogP contribution is 2.50. The van der Waals surface area contributed by atoms with Crippen molar-refractivity contribution in [3.63, 3.8) is 0 Å². The van der Waals surface area contributed by atoms with Gasteiger partial charge in [-0.1, -0.05) is 148 Å². The molecule has 1 aliphatic carbocycles. The molecular formula is C58H103NO5. The van der Waals surface area contributed by atoms with Crippen molar-refractivity contribution < 1.29 is 23.9 Å². The minimum atomic E-state index is -0.603. The van der Waals surface area contributed by atoms with Gasteiger partial charge in [0.1, 0.15) is 11.6 Å². The molecule has 0 radical (unpaired) electrons. The van der Waals surface area contributed by atoms with Gasteiger partial charge in [-0.3, -0.25) is 14.4 Å². The van der Waals surface area contributed by atoms with Crippen LogP contribution in [0.1, 0.15) is 248 Å². The lowest BCUT2D eigenvalue weighted by Crippen LogP contribution is -2.54. The molecule has 1 aromatic carbocycles. The van der Waals surface area contributed by atoms with E-state index in [1.54, 1.807) is 0 Å². The molecule has 0 spiro atoms. The smallest absolute Gasteiger partial charge is 0.226 e. The van der Waals surface area contributed by atoms with E-state index in [1.165, 1.54) is 11.1 Å². The van der Waals surface area contributed by atoms with Crippen LogP contribution in [0.4, 0.5) is 0 Å². The number of ether oxygens (including phenoxy) is 2. The number of nitrogens with one attached hydrogen (secondary N) is 1. The number of hydrogen-bond acceptors (Lipinski definition) is 5. The molecule has 1 saturated carbocycles. The Kier molecular flexibility index (Phi) is 17.7. The van der Waals surface area contributed by atoms with E-state index in [0.717, 1.165) is 32.1 Å². The van der Waals surface area contributed by atoms with Gasteiger partial charge in [0.25, 0.3) is 0 Å². The maximum atomic E-state index is 14.5. The third-order valence-electron chi connectivity index (χ3n) is 16.0. The van der Waals surface area contributed by atoms with Gasteiger partial charge in [-0.15, -0.1) is 0 Å². The molecule has 6 heteroatoms. The number of carbonyl (C=O) groups excluding carboxylic acids is 3. The first kappa shape index (κ1) is 58.1. The summed E-state index contributed by atoms with van der Waals surface area (Å²) in [7, 11) is 0. The molecule has 1 aromatic rings. The molecule has 370 valence electrons. The van der Waals surface area contributed by atoms with Gasteiger partial charge < -0.3 is 14.8 Å². The van der Waals surface area contributed by atoms with E-state index in [4.69, 9.17) is 9.47 Å². The highest BCUT2D eigenvalue weighted by Gasteiger charge is 2.50. The van der Waals surface area contributed by atoms with E-state index < -0.39 is 27.9 Å². The van der Waals surface area contributed by atoms with Crippen LogP contribution in [-0.2, 0) is 34.7 Å². The molecule has 0 saturated heterocycles. The normalized spacial score (nSPS) is 18.2. The summed E-state index contributed by atoms with van der Waals surface area (Å²) >= 11 is 0. The fourth-order valence-electron chi connectivity index (χ4n) is 11.8. The fourth-order valence-corrected chi connectivity index (χ4v) is 11.8. The number of amides is 1. The molecule has 1 aliphatic rings. The van der Waals surface area contributed by atoms with Crippen molar-refractivity contribution in [1.29, 1.82) is 0 Å². The number of benzene rings is 1. The predicted octanol–water partition coefficient (Wildman–Crippen LogP) is 15.4. The van der Waals surface area contributed by atoms with Crippen LogP contribution in [0.5, 0.6) is 0 Å². The van der Waals surface area contributed by atoms with Crippen LogP contribution < -0.4 is 5.32 Å². The van der Waals surface area contributed by atoms with Crippen LogP contribution in [0.25, 0.3) is 0 Å². The van der Waals surface area contributed by atoms with E-state index in [0.29, 0.717) is 38.7 Å². The Morgan fingerprint density at radius 3 is 1.52 bits per heavy atom. The van der Waals surface area contributed by atoms with E-state index >= 15 is 0 Å². The van der Waals surface area contributed by atoms with Crippen molar-refractivity contribution in [2.24, 2.45) is 38.4 Å². The second kappa shape index (κ2) is 19.5. The second-order valence-electron chi connectivity index (χ2n) is 28.6. The maximum absolute atomic E-state index is 14.5. The summed E-state index contributed by atoms with van der Waals surface area (Å²) in [5.74, 6) is -0.140. The number of ketones is 2. The minimum Gasteiger partial charge on any atom is -0.374 e. The molecule has 1 fully saturated rings. The predicted molar refractivity (Wildman–Crippen MR) is 272 cm³/mol. The number of rotatable bonds is 23. The van der Waals surface area contributed by atoms with Crippen molar-refractivity contribution in [2.75, 3.05) is 6.61 Å². The maximum Gasteiger partial charge on any atom is 0.226 e. The van der Waals surface area contributed by atoms with Crippen molar-refractivity contribution in [2.45, 2.75) is 270 Å². The fraction of sp³-hybridized carbons (Fsp3) is 0.845. The summed E-state index contributed by atoms with van der Waals surface area (Å²) in [6.45, 7) is 56.1. The molecule has 1 amide bonds. The third kappa shape index (κ3) is 15.5. The summed E-state index contributed by atoms with van der Waals surface area (Å²) < 4.78 is 13.9. The van der Waals surface area contributed by atoms with E-state index in [1.807, 2.05) is 13.8 Å². The summed E-state index contributed by atoms with van der Waals surface area (Å²) in [5, 5.41) is 3.53. The lowest BCUT2D eigenvalue weighted by Gasteiger charge is -2.51. The third-order valence-corrected chi connectivity index (χ3v) is 16.0. The van der Waals surface area contributed by atoms with Crippen molar-refractivity contribution in [3.8, 4) is 0 Å². The van der Waals surface area contributed by atoms with Gasteiger partial charge in [-0.25, -0.2) is 0 Å². The van der Waals surface area contributed by atoms with Gasteiger partial charge >= 0.3 is 0 Å². The molecule has 0 bridgehead atoms. The SMILES string of the molecule is CCC(C)(CC(C)(C)C(C)(C)OCC(C)(C)C(C)(C)CC(C)(C)OC(C)(C)CC(C)(C)C)C(=O)NC(C)(C)CC(C)(C)c1ccc(C(C)(C)CC(C)(C)C(=O)C2CCCCC2=O)cc1. The Labute approximate surface area is 396 Å². The lowest BCUT2D eigenvalue weighted by atomic mass is 9.63. The molecule has 64 heavy (non-hydrogen) atoms. The monoisotopic (exact) mass is 894 g/mol. The number of carbonyl (C=O) groups is 3. The van der Waals surface area contributed by atoms with Gasteiger partial charge in [0.2, 0.25) is 5.91 Å². The molecule has 1 N–H and O–H groups in total. The van der Waals surface area contributed by atoms with Crippen LogP contribution in [0, 0.1) is 38.4 Å². The Hall–Kier alpha value is -2.05. The topological polar surface area (TPSA) is 81.7 Å². The number of Topliss-reactive ketones (excluding diaryl/α,β-unsaturated/α-hetero) is 2. The van der Waals surface area contributed by atoms with Crippen LogP contribution >= 0.6 is 0 Å². The molecule has 0 aromatic heterocycles. The van der Waals surface area contributed by atoms with Crippen LogP contribution in [0.2, 0.25) is 0 Å². The van der Waals surface area contributed by atoms with Gasteiger partial charge in [-0.05, 0) is 150 Å². The lowest BCUT2D eigenvalue weighted by molar-refractivity contribution is -0.177. The zero-order valence-corrected chi connectivity index (χ0v) is 46.7. The van der Waals surface area contributed by atoms with Crippen molar-refractivity contribution in [1.82, 2.24) is 5.32 Å². The minimum absolute atomic E-state index is 0.0827. The molecule has 2 unspecified atom stereocenters. The summed E-state index contributed by atoms with van der Waals surface area (Å²) in [5.41, 5.74) is -1.19. The second-order valence-corrected chi connectivity index (χ2v) is 28.6. The van der Waals surface area contributed by atoms with Crippen LogP contribution in [-0.4, -0.2) is 46.4 Å². The van der Waals surface area contributed by atoms with Crippen molar-refractivity contribution in [3.05, 3.63) is 35.4 Å². The Balaban J connectivity index is 2.17.